The molecule has 1 saturated heterocycles. The summed E-state index contributed by atoms with van der Waals surface area (Å²) < 4.78 is 23.3. The highest BCUT2D eigenvalue weighted by Gasteiger charge is 2.37. The van der Waals surface area contributed by atoms with E-state index in [2.05, 4.69) is 15.7 Å². The number of hydrogen-bond donors (Lipinski definition) is 2. The molecule has 0 radical (unpaired) electrons. The largest absolute Gasteiger partial charge is 0.326 e. The van der Waals surface area contributed by atoms with Crippen molar-refractivity contribution >= 4 is 44.6 Å². The molecule has 0 aromatic heterocycles. The van der Waals surface area contributed by atoms with Gasteiger partial charge in [0.15, 0.2) is 9.84 Å². The highest BCUT2D eigenvalue weighted by Crippen LogP contribution is 2.22. The maximum absolute atomic E-state index is 12.5. The molecule has 27 heavy (non-hydrogen) atoms. The van der Waals surface area contributed by atoms with Gasteiger partial charge >= 0.3 is 0 Å². The maximum Gasteiger partial charge on any atom is 0.271 e. The smallest absolute Gasteiger partial charge is 0.271 e. The Balaban J connectivity index is 1.69. The van der Waals surface area contributed by atoms with Gasteiger partial charge in [-0.25, -0.2) is 13.4 Å². The van der Waals surface area contributed by atoms with Crippen LogP contribution in [0.1, 0.15) is 26.2 Å². The lowest BCUT2D eigenvalue weighted by Crippen LogP contribution is -2.42. The van der Waals surface area contributed by atoms with Crippen LogP contribution in [-0.2, 0) is 24.2 Å². The summed E-state index contributed by atoms with van der Waals surface area (Å²) in [7, 11) is -3.16. The lowest BCUT2D eigenvalue weighted by molar-refractivity contribution is -0.133. The van der Waals surface area contributed by atoms with Crippen LogP contribution in [-0.4, -0.2) is 54.4 Å². The van der Waals surface area contributed by atoms with Crippen LogP contribution in [0.15, 0.2) is 29.4 Å². The van der Waals surface area contributed by atoms with Gasteiger partial charge in [0, 0.05) is 31.1 Å². The van der Waals surface area contributed by atoms with E-state index >= 15 is 0 Å². The van der Waals surface area contributed by atoms with Crippen LogP contribution >= 0.6 is 0 Å². The third-order valence-corrected chi connectivity index (χ3v) is 6.09. The molecule has 3 amide bonds. The van der Waals surface area contributed by atoms with E-state index in [1.54, 1.807) is 24.3 Å². The van der Waals surface area contributed by atoms with E-state index in [9.17, 15) is 22.8 Å². The average Bonchev–Trinajstić information content (AvgIpc) is 2.96. The molecule has 0 spiro atoms. The molecular formula is C17H20N4O5S. The molecule has 1 aromatic carbocycles. The number of anilines is 2. The number of carbonyl (C=O) groups is 3. The van der Waals surface area contributed by atoms with Gasteiger partial charge in [-0.3, -0.25) is 14.4 Å². The third-order valence-electron chi connectivity index (χ3n) is 4.34. The molecule has 1 atom stereocenters. The molecule has 0 aliphatic carbocycles. The Labute approximate surface area is 156 Å². The zero-order chi connectivity index (χ0) is 19.6. The van der Waals surface area contributed by atoms with E-state index in [4.69, 9.17) is 0 Å². The summed E-state index contributed by atoms with van der Waals surface area (Å²) in [5, 5.41) is 10.6. The van der Waals surface area contributed by atoms with Crippen molar-refractivity contribution in [2.24, 2.45) is 5.10 Å². The summed E-state index contributed by atoms with van der Waals surface area (Å²) in [4.78, 5) is 35.6. The summed E-state index contributed by atoms with van der Waals surface area (Å²) >= 11 is 0. The van der Waals surface area contributed by atoms with Gasteiger partial charge in [0.1, 0.15) is 5.71 Å². The first-order valence-electron chi connectivity index (χ1n) is 8.52. The highest BCUT2D eigenvalue weighted by molar-refractivity contribution is 7.91. The molecule has 1 fully saturated rings. The first kappa shape index (κ1) is 19.0. The summed E-state index contributed by atoms with van der Waals surface area (Å²) in [6.45, 7) is 1.40. The third kappa shape index (κ3) is 4.70. The van der Waals surface area contributed by atoms with Crippen molar-refractivity contribution in [3.05, 3.63) is 24.3 Å². The molecule has 9 nitrogen and oxygen atoms in total. The Kier molecular flexibility index (Phi) is 5.26. The number of rotatable bonds is 4. The van der Waals surface area contributed by atoms with Crippen molar-refractivity contribution in [2.75, 3.05) is 22.1 Å². The Bertz CT molecular complexity index is 908. The Hall–Kier alpha value is -2.75. The van der Waals surface area contributed by atoms with Crippen LogP contribution in [0.2, 0.25) is 0 Å². The first-order chi connectivity index (χ1) is 12.7. The minimum atomic E-state index is -3.16. The molecule has 1 unspecified atom stereocenters. The minimum Gasteiger partial charge on any atom is -0.326 e. The fourth-order valence-corrected chi connectivity index (χ4v) is 4.72. The van der Waals surface area contributed by atoms with Crippen LogP contribution in [0.25, 0.3) is 0 Å². The van der Waals surface area contributed by atoms with E-state index in [1.165, 1.54) is 6.92 Å². The monoisotopic (exact) mass is 392 g/mol. The first-order valence-corrected chi connectivity index (χ1v) is 10.3. The number of hydrogen-bond acceptors (Lipinski definition) is 6. The number of benzene rings is 1. The second-order valence-corrected chi connectivity index (χ2v) is 8.78. The van der Waals surface area contributed by atoms with Crippen molar-refractivity contribution in [1.29, 1.82) is 0 Å². The summed E-state index contributed by atoms with van der Waals surface area (Å²) in [6.07, 6.45) is 0.645. The summed E-state index contributed by atoms with van der Waals surface area (Å²) in [5.74, 6) is -1.00. The standard InChI is InChI=1S/C17H20N4O5S/c1-11(22)18-12-2-4-13(5-3-12)19-17(24)15-6-7-16(23)21(20-15)14-8-9-27(25,26)10-14/h2-5,14H,6-10H2,1H3,(H,18,22)(H,19,24). The van der Waals surface area contributed by atoms with E-state index < -0.39 is 21.8 Å². The van der Waals surface area contributed by atoms with Crippen LogP contribution in [0.3, 0.4) is 0 Å². The second-order valence-electron chi connectivity index (χ2n) is 6.55. The lowest BCUT2D eigenvalue weighted by atomic mass is 10.1. The van der Waals surface area contributed by atoms with E-state index in [0.29, 0.717) is 17.8 Å². The van der Waals surface area contributed by atoms with Gasteiger partial charge in [0.25, 0.3) is 5.91 Å². The maximum atomic E-state index is 12.5. The fraction of sp³-hybridized carbons (Fsp3) is 0.412. The van der Waals surface area contributed by atoms with Crippen LogP contribution in [0, 0.1) is 0 Å². The van der Waals surface area contributed by atoms with Crippen molar-refractivity contribution in [2.45, 2.75) is 32.2 Å². The zero-order valence-corrected chi connectivity index (χ0v) is 15.6. The number of carbonyl (C=O) groups excluding carboxylic acids is 3. The normalized spacial score (nSPS) is 21.5. The van der Waals surface area contributed by atoms with Crippen molar-refractivity contribution in [3.8, 4) is 0 Å². The average molecular weight is 392 g/mol. The van der Waals surface area contributed by atoms with Gasteiger partial charge in [-0.1, -0.05) is 0 Å². The van der Waals surface area contributed by atoms with Crippen molar-refractivity contribution in [1.82, 2.24) is 5.01 Å². The number of sulfone groups is 1. The lowest BCUT2D eigenvalue weighted by Gasteiger charge is -2.27. The highest BCUT2D eigenvalue weighted by atomic mass is 32.2. The van der Waals surface area contributed by atoms with Crippen LogP contribution in [0.5, 0.6) is 0 Å². The second kappa shape index (κ2) is 7.47. The topological polar surface area (TPSA) is 125 Å². The Morgan fingerprint density at radius 3 is 2.30 bits per heavy atom. The molecule has 10 heteroatoms. The van der Waals surface area contributed by atoms with Crippen LogP contribution in [0.4, 0.5) is 11.4 Å². The fourth-order valence-electron chi connectivity index (χ4n) is 3.03. The van der Waals surface area contributed by atoms with Gasteiger partial charge in [-0.2, -0.15) is 5.10 Å². The van der Waals surface area contributed by atoms with Crippen molar-refractivity contribution < 1.29 is 22.8 Å². The number of nitrogens with zero attached hydrogens (tertiary/aromatic N) is 2. The molecule has 2 N–H and O–H groups in total. The molecule has 3 rings (SSSR count). The van der Waals surface area contributed by atoms with Crippen LogP contribution < -0.4 is 10.6 Å². The summed E-state index contributed by atoms with van der Waals surface area (Å²) in [6, 6.07) is 6.07. The summed E-state index contributed by atoms with van der Waals surface area (Å²) in [5.41, 5.74) is 1.31. The molecular weight excluding hydrogens is 372 g/mol. The number of nitrogens with one attached hydrogen (secondary N) is 2. The van der Waals surface area contributed by atoms with Gasteiger partial charge < -0.3 is 10.6 Å². The SMILES string of the molecule is CC(=O)Nc1ccc(NC(=O)C2=NN(C3CCS(=O)(=O)C3)C(=O)CC2)cc1. The van der Waals surface area contributed by atoms with Gasteiger partial charge in [-0.15, -0.1) is 0 Å². The predicted octanol–water partition coefficient (Wildman–Crippen LogP) is 0.749. The molecule has 1 aromatic rings. The molecule has 2 heterocycles. The number of hydrazone groups is 1. The van der Waals surface area contributed by atoms with Gasteiger partial charge in [0.05, 0.1) is 17.5 Å². The minimum absolute atomic E-state index is 0.0269. The quantitative estimate of drug-likeness (QED) is 0.782. The van der Waals surface area contributed by atoms with E-state index in [-0.39, 0.29) is 41.9 Å². The van der Waals surface area contributed by atoms with E-state index in [0.717, 1.165) is 5.01 Å². The van der Waals surface area contributed by atoms with Gasteiger partial charge in [0.2, 0.25) is 11.8 Å². The zero-order valence-electron chi connectivity index (χ0n) is 14.8. The van der Waals surface area contributed by atoms with Crippen molar-refractivity contribution in [3.63, 3.8) is 0 Å². The van der Waals surface area contributed by atoms with Gasteiger partial charge in [-0.05, 0) is 30.7 Å². The molecule has 2 aliphatic heterocycles. The molecule has 2 aliphatic rings. The Morgan fingerprint density at radius 1 is 1.11 bits per heavy atom. The Morgan fingerprint density at radius 2 is 1.74 bits per heavy atom. The predicted molar refractivity (Wildman–Crippen MR) is 99.9 cm³/mol. The molecule has 0 bridgehead atoms. The molecule has 0 saturated carbocycles. The van der Waals surface area contributed by atoms with E-state index in [1.807, 2.05) is 0 Å². The molecule has 144 valence electrons. The number of amides is 3.